The van der Waals surface area contributed by atoms with E-state index in [2.05, 4.69) is 23.6 Å². The van der Waals surface area contributed by atoms with E-state index in [0.717, 1.165) is 12.8 Å². The standard InChI is InChI=1S/C16H21NO3S/c18-14-4-7-17(10-14)15(19)11-20-8-5-12-2-1-3-13-6-9-21-16(12)13/h1-2,6,9,13-14,18H,3-5,7-8,10-11H2. The number of likely N-dealkylation sites (tertiary alicyclic amines) is 1. The maximum atomic E-state index is 11.9. The smallest absolute Gasteiger partial charge is 0.248 e. The van der Waals surface area contributed by atoms with Crippen molar-refractivity contribution in [3.05, 3.63) is 34.1 Å². The van der Waals surface area contributed by atoms with Gasteiger partial charge in [0.05, 0.1) is 12.7 Å². The molecule has 114 valence electrons. The quantitative estimate of drug-likeness (QED) is 0.790. The third-order valence-corrected chi connectivity index (χ3v) is 5.24. The lowest BCUT2D eigenvalue weighted by molar-refractivity contribution is -0.135. The van der Waals surface area contributed by atoms with Crippen LogP contribution in [0.2, 0.25) is 0 Å². The average Bonchev–Trinajstić information content (AvgIpc) is 3.12. The second kappa shape index (κ2) is 6.81. The average molecular weight is 307 g/mol. The van der Waals surface area contributed by atoms with Crippen LogP contribution in [0.25, 0.3) is 0 Å². The van der Waals surface area contributed by atoms with Crippen LogP contribution in [0.4, 0.5) is 0 Å². The molecule has 2 heterocycles. The largest absolute Gasteiger partial charge is 0.391 e. The summed E-state index contributed by atoms with van der Waals surface area (Å²) in [5.41, 5.74) is 1.34. The van der Waals surface area contributed by atoms with Crippen LogP contribution in [0.1, 0.15) is 19.3 Å². The number of aliphatic hydroxyl groups excluding tert-OH is 1. The first kappa shape index (κ1) is 14.9. The highest BCUT2D eigenvalue weighted by Gasteiger charge is 2.24. The number of β-amino-alcohol motifs (C(OH)–C–C–N with tert-alkyl or cyclic N) is 1. The molecule has 1 N–H and O–H groups in total. The number of thioether (sulfide) groups is 1. The molecule has 0 aromatic heterocycles. The number of hydrogen-bond acceptors (Lipinski definition) is 4. The lowest BCUT2D eigenvalue weighted by Gasteiger charge is -2.18. The van der Waals surface area contributed by atoms with Crippen LogP contribution in [-0.2, 0) is 9.53 Å². The lowest BCUT2D eigenvalue weighted by atomic mass is 9.95. The van der Waals surface area contributed by atoms with Crippen molar-refractivity contribution in [3.8, 4) is 0 Å². The van der Waals surface area contributed by atoms with Gasteiger partial charge in [-0.15, -0.1) is 11.8 Å². The number of fused-ring (bicyclic) bond motifs is 1. The molecule has 1 fully saturated rings. The SMILES string of the molecule is O=C(COCCC1=C2SC=CC2CC=C1)N1CCC(O)C1. The van der Waals surface area contributed by atoms with Gasteiger partial charge in [-0.05, 0) is 35.1 Å². The summed E-state index contributed by atoms with van der Waals surface area (Å²) < 4.78 is 5.52. The number of hydrogen-bond donors (Lipinski definition) is 1. The fourth-order valence-electron chi connectivity index (χ4n) is 2.93. The molecule has 3 aliphatic rings. The maximum absolute atomic E-state index is 11.9. The number of rotatable bonds is 5. The first-order valence-corrected chi connectivity index (χ1v) is 8.38. The van der Waals surface area contributed by atoms with Crippen LogP contribution in [-0.4, -0.2) is 48.3 Å². The van der Waals surface area contributed by atoms with E-state index in [4.69, 9.17) is 4.74 Å². The van der Waals surface area contributed by atoms with Crippen molar-refractivity contribution in [2.24, 2.45) is 5.92 Å². The Morgan fingerprint density at radius 3 is 3.24 bits per heavy atom. The Labute approximate surface area is 129 Å². The molecule has 0 aromatic rings. The summed E-state index contributed by atoms with van der Waals surface area (Å²) in [4.78, 5) is 15.0. The summed E-state index contributed by atoms with van der Waals surface area (Å²) in [5.74, 6) is 0.542. The van der Waals surface area contributed by atoms with Gasteiger partial charge >= 0.3 is 0 Å². The molecule has 21 heavy (non-hydrogen) atoms. The van der Waals surface area contributed by atoms with Crippen molar-refractivity contribution in [1.82, 2.24) is 4.90 Å². The van der Waals surface area contributed by atoms with Crippen LogP contribution < -0.4 is 0 Å². The minimum Gasteiger partial charge on any atom is -0.391 e. The summed E-state index contributed by atoms with van der Waals surface area (Å²) in [7, 11) is 0. The van der Waals surface area contributed by atoms with Crippen molar-refractivity contribution in [3.63, 3.8) is 0 Å². The molecule has 2 unspecified atom stereocenters. The van der Waals surface area contributed by atoms with Gasteiger partial charge in [-0.25, -0.2) is 0 Å². The zero-order chi connectivity index (χ0) is 14.7. The van der Waals surface area contributed by atoms with E-state index >= 15 is 0 Å². The first-order valence-electron chi connectivity index (χ1n) is 7.50. The van der Waals surface area contributed by atoms with Gasteiger partial charge in [-0.1, -0.05) is 18.2 Å². The Morgan fingerprint density at radius 2 is 2.43 bits per heavy atom. The fraction of sp³-hybridized carbons (Fsp3) is 0.562. The Bertz CT molecular complexity index is 498. The molecule has 0 saturated carbocycles. The van der Waals surface area contributed by atoms with Gasteiger partial charge in [-0.2, -0.15) is 0 Å². The number of aliphatic hydroxyl groups is 1. The number of ether oxygens (including phenoxy) is 1. The predicted octanol–water partition coefficient (Wildman–Crippen LogP) is 2.08. The van der Waals surface area contributed by atoms with E-state index in [1.54, 1.807) is 4.90 Å². The highest BCUT2D eigenvalue weighted by molar-refractivity contribution is 8.06. The topological polar surface area (TPSA) is 49.8 Å². The van der Waals surface area contributed by atoms with Gasteiger partial charge < -0.3 is 14.7 Å². The fourth-order valence-corrected chi connectivity index (χ4v) is 4.01. The molecule has 3 rings (SSSR count). The third kappa shape index (κ3) is 3.59. The molecule has 0 bridgehead atoms. The van der Waals surface area contributed by atoms with Crippen LogP contribution >= 0.6 is 11.8 Å². The number of carbonyl (C=O) groups excluding carboxylic acids is 1. The van der Waals surface area contributed by atoms with Gasteiger partial charge in [0.1, 0.15) is 6.61 Å². The lowest BCUT2D eigenvalue weighted by Crippen LogP contribution is -2.32. The molecular formula is C16H21NO3S. The Balaban J connectivity index is 1.40. The van der Waals surface area contributed by atoms with Crippen molar-refractivity contribution in [1.29, 1.82) is 0 Å². The molecule has 1 amide bonds. The van der Waals surface area contributed by atoms with Crippen LogP contribution in [0.5, 0.6) is 0 Å². The number of allylic oxidation sites excluding steroid dienone is 4. The van der Waals surface area contributed by atoms with Gasteiger partial charge in [0, 0.05) is 19.0 Å². The summed E-state index contributed by atoms with van der Waals surface area (Å²) in [6.07, 6.45) is 8.93. The van der Waals surface area contributed by atoms with Gasteiger partial charge in [0.25, 0.3) is 0 Å². The Hall–Kier alpha value is -1.04. The number of amides is 1. The van der Waals surface area contributed by atoms with Crippen molar-refractivity contribution >= 4 is 17.7 Å². The summed E-state index contributed by atoms with van der Waals surface area (Å²) in [6, 6.07) is 0. The molecule has 5 heteroatoms. The molecule has 0 radical (unpaired) electrons. The van der Waals surface area contributed by atoms with Crippen LogP contribution in [0.15, 0.2) is 34.1 Å². The first-order chi connectivity index (χ1) is 10.2. The molecule has 1 aliphatic carbocycles. The van der Waals surface area contributed by atoms with E-state index in [9.17, 15) is 9.90 Å². The maximum Gasteiger partial charge on any atom is 0.248 e. The van der Waals surface area contributed by atoms with Crippen molar-refractivity contribution in [2.75, 3.05) is 26.3 Å². The summed E-state index contributed by atoms with van der Waals surface area (Å²) in [6.45, 7) is 1.78. The van der Waals surface area contributed by atoms with Crippen LogP contribution in [0, 0.1) is 5.92 Å². The predicted molar refractivity (Wildman–Crippen MR) is 83.6 cm³/mol. The van der Waals surface area contributed by atoms with Gasteiger partial charge in [0.15, 0.2) is 0 Å². The summed E-state index contributed by atoms with van der Waals surface area (Å²) in [5, 5.41) is 11.6. The minimum absolute atomic E-state index is 0.0156. The Kier molecular flexibility index (Phi) is 4.83. The van der Waals surface area contributed by atoms with Crippen molar-refractivity contribution < 1.29 is 14.6 Å². The van der Waals surface area contributed by atoms with Crippen molar-refractivity contribution in [2.45, 2.75) is 25.4 Å². The summed E-state index contributed by atoms with van der Waals surface area (Å²) >= 11 is 1.81. The second-order valence-corrected chi connectivity index (χ2v) is 6.61. The molecule has 4 nitrogen and oxygen atoms in total. The Morgan fingerprint density at radius 1 is 1.52 bits per heavy atom. The van der Waals surface area contributed by atoms with E-state index in [1.807, 2.05) is 11.8 Å². The highest BCUT2D eigenvalue weighted by atomic mass is 32.2. The molecule has 0 spiro atoms. The molecule has 2 aliphatic heterocycles. The molecule has 1 saturated heterocycles. The van der Waals surface area contributed by atoms with E-state index in [-0.39, 0.29) is 18.6 Å². The van der Waals surface area contributed by atoms with E-state index < -0.39 is 0 Å². The zero-order valence-electron chi connectivity index (χ0n) is 12.0. The van der Waals surface area contributed by atoms with Crippen LogP contribution in [0.3, 0.4) is 0 Å². The van der Waals surface area contributed by atoms with E-state index in [0.29, 0.717) is 32.0 Å². The van der Waals surface area contributed by atoms with Gasteiger partial charge in [-0.3, -0.25) is 4.79 Å². The molecule has 2 atom stereocenters. The second-order valence-electron chi connectivity index (χ2n) is 5.67. The number of carbonyl (C=O) groups is 1. The van der Waals surface area contributed by atoms with E-state index in [1.165, 1.54) is 10.5 Å². The molecular weight excluding hydrogens is 286 g/mol. The normalized spacial score (nSPS) is 27.6. The number of nitrogens with zero attached hydrogens (tertiary/aromatic N) is 1. The zero-order valence-corrected chi connectivity index (χ0v) is 12.8. The monoisotopic (exact) mass is 307 g/mol. The third-order valence-electron chi connectivity index (χ3n) is 4.13. The minimum atomic E-state index is -0.364. The molecule has 0 aromatic carbocycles. The highest BCUT2D eigenvalue weighted by Crippen LogP contribution is 2.41. The van der Waals surface area contributed by atoms with Gasteiger partial charge in [0.2, 0.25) is 5.91 Å².